The van der Waals surface area contributed by atoms with E-state index in [9.17, 15) is 4.79 Å². The summed E-state index contributed by atoms with van der Waals surface area (Å²) in [4.78, 5) is 16.4. The molecule has 2 rings (SSSR count). The van der Waals surface area contributed by atoms with Crippen LogP contribution in [-0.4, -0.2) is 34.7 Å². The third-order valence-electron chi connectivity index (χ3n) is 3.87. The van der Waals surface area contributed by atoms with Crippen LogP contribution in [0.3, 0.4) is 0 Å². The molecule has 0 aliphatic rings. The van der Waals surface area contributed by atoms with Crippen LogP contribution in [0.25, 0.3) is 0 Å². The average molecular weight is 498 g/mol. The molecule has 7 nitrogen and oxygen atoms in total. The summed E-state index contributed by atoms with van der Waals surface area (Å²) >= 11 is 0. The molecule has 1 aromatic heterocycles. The van der Waals surface area contributed by atoms with E-state index in [1.807, 2.05) is 55.1 Å². The first-order valence-corrected chi connectivity index (χ1v) is 9.59. The van der Waals surface area contributed by atoms with Gasteiger partial charge in [-0.05, 0) is 43.5 Å². The van der Waals surface area contributed by atoms with Crippen molar-refractivity contribution in [2.75, 3.05) is 18.4 Å². The van der Waals surface area contributed by atoms with Gasteiger partial charge in [-0.25, -0.2) is 4.99 Å². The van der Waals surface area contributed by atoms with Gasteiger partial charge in [0.25, 0.3) is 0 Å². The lowest BCUT2D eigenvalue weighted by Crippen LogP contribution is -2.38. The highest BCUT2D eigenvalue weighted by Crippen LogP contribution is 2.12. The molecule has 0 bridgehead atoms. The van der Waals surface area contributed by atoms with Crippen LogP contribution in [0.2, 0.25) is 0 Å². The van der Waals surface area contributed by atoms with Gasteiger partial charge in [0.2, 0.25) is 5.91 Å². The molecule has 1 heterocycles. The van der Waals surface area contributed by atoms with E-state index < -0.39 is 0 Å². The Balaban J connectivity index is 0.00000392. The lowest BCUT2D eigenvalue weighted by atomic mass is 10.2. The first kappa shape index (κ1) is 23.9. The zero-order chi connectivity index (χ0) is 19.3. The maximum absolute atomic E-state index is 11.7. The van der Waals surface area contributed by atoms with Crippen LogP contribution >= 0.6 is 24.0 Å². The summed E-state index contributed by atoms with van der Waals surface area (Å²) in [5.41, 5.74) is 1.87. The Kier molecular flexibility index (Phi) is 11.9. The van der Waals surface area contributed by atoms with Crippen molar-refractivity contribution in [2.45, 2.75) is 46.2 Å². The predicted octanol–water partition coefficient (Wildman–Crippen LogP) is 3.39. The minimum Gasteiger partial charge on any atom is -0.357 e. The predicted molar refractivity (Wildman–Crippen MR) is 125 cm³/mol. The SMILES string of the molecule is CCCC(=O)Nc1cccc(CN=C(NCC)NCCCn2cccn2)c1.I. The van der Waals surface area contributed by atoms with Gasteiger partial charge in [0.1, 0.15) is 0 Å². The Hall–Kier alpha value is -2.10. The van der Waals surface area contributed by atoms with Gasteiger partial charge in [-0.15, -0.1) is 24.0 Å². The van der Waals surface area contributed by atoms with Crippen molar-refractivity contribution in [1.29, 1.82) is 0 Å². The Morgan fingerprint density at radius 3 is 2.79 bits per heavy atom. The summed E-state index contributed by atoms with van der Waals surface area (Å²) in [6.07, 6.45) is 6.09. The molecule has 2 aromatic rings. The molecule has 0 aliphatic heterocycles. The second-order valence-electron chi connectivity index (χ2n) is 6.24. The molecule has 0 unspecified atom stereocenters. The van der Waals surface area contributed by atoms with Crippen LogP contribution in [-0.2, 0) is 17.9 Å². The Morgan fingerprint density at radius 2 is 2.07 bits per heavy atom. The topological polar surface area (TPSA) is 83.3 Å². The van der Waals surface area contributed by atoms with E-state index in [4.69, 9.17) is 0 Å². The van der Waals surface area contributed by atoms with Gasteiger partial charge in [-0.1, -0.05) is 19.1 Å². The van der Waals surface area contributed by atoms with Crippen molar-refractivity contribution in [1.82, 2.24) is 20.4 Å². The van der Waals surface area contributed by atoms with E-state index in [0.717, 1.165) is 49.7 Å². The van der Waals surface area contributed by atoms with E-state index in [2.05, 4.69) is 26.0 Å². The number of hydrogen-bond donors (Lipinski definition) is 3. The van der Waals surface area contributed by atoms with Gasteiger partial charge < -0.3 is 16.0 Å². The number of carbonyl (C=O) groups is 1. The van der Waals surface area contributed by atoms with Gasteiger partial charge >= 0.3 is 0 Å². The molecular weight excluding hydrogens is 467 g/mol. The van der Waals surface area contributed by atoms with Gasteiger partial charge in [0.15, 0.2) is 5.96 Å². The maximum Gasteiger partial charge on any atom is 0.224 e. The molecule has 0 saturated carbocycles. The minimum atomic E-state index is 0. The van der Waals surface area contributed by atoms with Crippen LogP contribution in [0.15, 0.2) is 47.7 Å². The van der Waals surface area contributed by atoms with Crippen molar-refractivity contribution < 1.29 is 4.79 Å². The summed E-state index contributed by atoms with van der Waals surface area (Å²) < 4.78 is 1.92. The summed E-state index contributed by atoms with van der Waals surface area (Å²) in [5.74, 6) is 0.837. The van der Waals surface area contributed by atoms with E-state index in [0.29, 0.717) is 13.0 Å². The average Bonchev–Trinajstić information content (AvgIpc) is 3.17. The number of benzene rings is 1. The monoisotopic (exact) mass is 498 g/mol. The Labute approximate surface area is 184 Å². The first-order valence-electron chi connectivity index (χ1n) is 9.59. The minimum absolute atomic E-state index is 0. The summed E-state index contributed by atoms with van der Waals surface area (Å²) in [7, 11) is 0. The fourth-order valence-corrected chi connectivity index (χ4v) is 2.59. The molecule has 28 heavy (non-hydrogen) atoms. The van der Waals surface area contributed by atoms with Crippen LogP contribution in [0, 0.1) is 0 Å². The van der Waals surface area contributed by atoms with Crippen LogP contribution in [0.5, 0.6) is 0 Å². The third-order valence-corrected chi connectivity index (χ3v) is 3.87. The molecule has 0 saturated heterocycles. The number of aryl methyl sites for hydroxylation is 1. The number of guanidine groups is 1. The van der Waals surface area contributed by atoms with Crippen LogP contribution in [0.1, 0.15) is 38.7 Å². The molecule has 154 valence electrons. The lowest BCUT2D eigenvalue weighted by molar-refractivity contribution is -0.116. The lowest BCUT2D eigenvalue weighted by Gasteiger charge is -2.12. The Bertz CT molecular complexity index is 717. The number of carbonyl (C=O) groups excluding carboxylic acids is 1. The van der Waals surface area contributed by atoms with Crippen molar-refractivity contribution >= 4 is 41.5 Å². The van der Waals surface area contributed by atoms with Crippen molar-refractivity contribution in [2.24, 2.45) is 4.99 Å². The molecule has 1 aromatic carbocycles. The van der Waals surface area contributed by atoms with E-state index in [-0.39, 0.29) is 29.9 Å². The zero-order valence-corrected chi connectivity index (χ0v) is 19.0. The highest BCUT2D eigenvalue weighted by molar-refractivity contribution is 14.0. The second kappa shape index (κ2) is 14.0. The fraction of sp³-hybridized carbons (Fsp3) is 0.450. The van der Waals surface area contributed by atoms with Crippen molar-refractivity contribution in [3.05, 3.63) is 48.3 Å². The zero-order valence-electron chi connectivity index (χ0n) is 16.6. The van der Waals surface area contributed by atoms with Gasteiger partial charge in [-0.2, -0.15) is 5.10 Å². The van der Waals surface area contributed by atoms with Crippen molar-refractivity contribution in [3.63, 3.8) is 0 Å². The highest BCUT2D eigenvalue weighted by atomic mass is 127. The van der Waals surface area contributed by atoms with E-state index in [1.54, 1.807) is 6.20 Å². The number of nitrogens with zero attached hydrogens (tertiary/aromatic N) is 3. The number of rotatable bonds is 10. The van der Waals surface area contributed by atoms with Crippen LogP contribution < -0.4 is 16.0 Å². The largest absolute Gasteiger partial charge is 0.357 e. The summed E-state index contributed by atoms with van der Waals surface area (Å²) in [5, 5.41) is 13.7. The number of anilines is 1. The molecule has 3 N–H and O–H groups in total. The fourth-order valence-electron chi connectivity index (χ4n) is 2.59. The number of hydrogen-bond acceptors (Lipinski definition) is 3. The molecule has 0 atom stereocenters. The molecule has 0 radical (unpaired) electrons. The normalized spacial score (nSPS) is 10.9. The number of aromatic nitrogens is 2. The Morgan fingerprint density at radius 1 is 1.21 bits per heavy atom. The summed E-state index contributed by atoms with van der Waals surface area (Å²) in [6, 6.07) is 9.76. The standard InChI is InChI=1S/C20H30N6O.HI/c1-3-8-19(27)25-18-10-5-9-17(15-18)16-23-20(21-4-2)22-11-6-13-26-14-7-12-24-26;/h5,7,9-10,12,14-15H,3-4,6,8,11,13,16H2,1-2H3,(H,25,27)(H2,21,22,23);1H. The number of halogens is 1. The number of nitrogens with one attached hydrogen (secondary N) is 3. The smallest absolute Gasteiger partial charge is 0.224 e. The molecular formula is C20H31IN6O. The van der Waals surface area contributed by atoms with Gasteiger partial charge in [0, 0.05) is 44.1 Å². The molecule has 1 amide bonds. The van der Waals surface area contributed by atoms with Gasteiger partial charge in [0.05, 0.1) is 6.54 Å². The molecule has 0 spiro atoms. The van der Waals surface area contributed by atoms with E-state index >= 15 is 0 Å². The quantitative estimate of drug-likeness (QED) is 0.203. The third kappa shape index (κ3) is 9.20. The molecule has 0 aliphatic carbocycles. The highest BCUT2D eigenvalue weighted by Gasteiger charge is 2.02. The number of amides is 1. The van der Waals surface area contributed by atoms with E-state index in [1.165, 1.54) is 0 Å². The first-order chi connectivity index (χ1) is 13.2. The molecule has 8 heteroatoms. The summed E-state index contributed by atoms with van der Waals surface area (Å²) in [6.45, 7) is 7.08. The second-order valence-corrected chi connectivity index (χ2v) is 6.24. The van der Waals surface area contributed by atoms with Crippen LogP contribution in [0.4, 0.5) is 5.69 Å². The molecule has 0 fully saturated rings. The van der Waals surface area contributed by atoms with Gasteiger partial charge in [-0.3, -0.25) is 9.48 Å². The maximum atomic E-state index is 11.7. The number of aliphatic imine (C=N–C) groups is 1. The van der Waals surface area contributed by atoms with Crippen molar-refractivity contribution in [3.8, 4) is 0 Å².